The number of ether oxygens (including phenoxy) is 2. The van der Waals surface area contributed by atoms with Gasteiger partial charge in [-0.05, 0) is 54.4 Å². The van der Waals surface area contributed by atoms with Crippen LogP contribution in [0.3, 0.4) is 0 Å². The fraction of sp³-hybridized carbons (Fsp3) is 0.182. The second-order valence-corrected chi connectivity index (χ2v) is 7.01. The fourth-order valence-corrected chi connectivity index (χ4v) is 3.33. The summed E-state index contributed by atoms with van der Waals surface area (Å²) in [6.07, 6.45) is 2.35. The molecule has 1 amide bonds. The summed E-state index contributed by atoms with van der Waals surface area (Å²) >= 11 is 1.62. The number of carbonyl (C=O) groups excluding carboxylic acids is 1. The molecule has 0 saturated heterocycles. The smallest absolute Gasteiger partial charge is 0.211 e. The molecule has 1 aromatic heterocycles. The summed E-state index contributed by atoms with van der Waals surface area (Å²) in [6.45, 7) is 2.02. The molecule has 3 rings (SSSR count). The Morgan fingerprint density at radius 3 is 2.55 bits per heavy atom. The minimum Gasteiger partial charge on any atom is -0.493 e. The highest BCUT2D eigenvalue weighted by molar-refractivity contribution is 7.98. The van der Waals surface area contributed by atoms with Gasteiger partial charge >= 0.3 is 0 Å². The van der Waals surface area contributed by atoms with Crippen LogP contribution >= 0.6 is 11.8 Å². The highest BCUT2D eigenvalue weighted by Crippen LogP contribution is 2.27. The number of nitrogens with one attached hydrogen (secondary N) is 1. The second kappa shape index (κ2) is 11.6. The predicted octanol–water partition coefficient (Wildman–Crippen LogP) is 4.54. The molecular weight excluding hydrogens is 386 g/mol. The molecule has 0 bridgehead atoms. The molecule has 0 aliphatic heterocycles. The number of hydrogen-bond acceptors (Lipinski definition) is 6. The number of anilines is 2. The van der Waals surface area contributed by atoms with Crippen LogP contribution in [0.5, 0.6) is 11.5 Å². The standard InChI is InChI=1S/C13H13N3OS.C9H12O2/c14-13-12(5-2-6-15-13)18-8-10-3-1-4-11(7-10)16-9-17;1-7-4-5-8(10-2)9(6-7)11-3/h1-7,9H,8H2,(H2,14,15)(H,16,17);4-6H,1-3H3. The van der Waals surface area contributed by atoms with Crippen LogP contribution in [0.25, 0.3) is 0 Å². The molecule has 1 heterocycles. The number of pyridine rings is 1. The second-order valence-electron chi connectivity index (χ2n) is 6.00. The molecule has 7 heteroatoms. The van der Waals surface area contributed by atoms with Gasteiger partial charge in [0.25, 0.3) is 0 Å². The Kier molecular flexibility index (Phi) is 8.85. The van der Waals surface area contributed by atoms with E-state index >= 15 is 0 Å². The number of carbonyl (C=O) groups is 1. The van der Waals surface area contributed by atoms with Crippen LogP contribution in [0, 0.1) is 6.92 Å². The number of benzene rings is 2. The van der Waals surface area contributed by atoms with E-state index in [9.17, 15) is 4.79 Å². The Morgan fingerprint density at radius 1 is 1.07 bits per heavy atom. The zero-order valence-electron chi connectivity index (χ0n) is 16.7. The molecule has 0 aliphatic carbocycles. The van der Waals surface area contributed by atoms with Gasteiger partial charge in [-0.1, -0.05) is 18.2 Å². The number of aromatic nitrogens is 1. The topological polar surface area (TPSA) is 86.5 Å². The van der Waals surface area contributed by atoms with Crippen molar-refractivity contribution >= 4 is 29.7 Å². The quantitative estimate of drug-likeness (QED) is 0.439. The van der Waals surface area contributed by atoms with E-state index < -0.39 is 0 Å². The van der Waals surface area contributed by atoms with Crippen LogP contribution in [0.2, 0.25) is 0 Å². The van der Waals surface area contributed by atoms with Gasteiger partial charge in [-0.25, -0.2) is 4.98 Å². The summed E-state index contributed by atoms with van der Waals surface area (Å²) in [5, 5.41) is 2.63. The minimum absolute atomic E-state index is 0.546. The van der Waals surface area contributed by atoms with E-state index in [1.807, 2.05) is 61.5 Å². The van der Waals surface area contributed by atoms with Gasteiger partial charge < -0.3 is 20.5 Å². The number of amides is 1. The Balaban J connectivity index is 0.000000234. The lowest BCUT2D eigenvalue weighted by molar-refractivity contribution is -0.105. The van der Waals surface area contributed by atoms with Gasteiger partial charge in [-0.15, -0.1) is 11.8 Å². The Labute approximate surface area is 175 Å². The van der Waals surface area contributed by atoms with Gasteiger partial charge in [0.05, 0.1) is 14.2 Å². The van der Waals surface area contributed by atoms with E-state index in [0.29, 0.717) is 12.2 Å². The van der Waals surface area contributed by atoms with Crippen LogP contribution in [0.4, 0.5) is 11.5 Å². The van der Waals surface area contributed by atoms with Crippen molar-refractivity contribution in [1.29, 1.82) is 0 Å². The van der Waals surface area contributed by atoms with Gasteiger partial charge in [-0.2, -0.15) is 0 Å². The maximum atomic E-state index is 10.4. The van der Waals surface area contributed by atoms with E-state index in [4.69, 9.17) is 15.2 Å². The van der Waals surface area contributed by atoms with Crippen molar-refractivity contribution in [2.45, 2.75) is 17.6 Å². The number of nitrogens with zero attached hydrogens (tertiary/aromatic N) is 1. The van der Waals surface area contributed by atoms with Crippen molar-refractivity contribution in [2.24, 2.45) is 0 Å². The highest BCUT2D eigenvalue weighted by atomic mass is 32.2. The van der Waals surface area contributed by atoms with E-state index in [0.717, 1.165) is 33.4 Å². The van der Waals surface area contributed by atoms with E-state index in [1.54, 1.807) is 32.2 Å². The summed E-state index contributed by atoms with van der Waals surface area (Å²) in [6, 6.07) is 17.3. The van der Waals surface area contributed by atoms with Crippen LogP contribution < -0.4 is 20.5 Å². The number of aryl methyl sites for hydroxylation is 1. The molecule has 0 saturated carbocycles. The highest BCUT2D eigenvalue weighted by Gasteiger charge is 2.02. The summed E-state index contributed by atoms with van der Waals surface area (Å²) in [7, 11) is 3.27. The van der Waals surface area contributed by atoms with Crippen molar-refractivity contribution in [2.75, 3.05) is 25.3 Å². The van der Waals surface area contributed by atoms with E-state index in [2.05, 4.69) is 10.3 Å². The molecular formula is C22H25N3O3S. The van der Waals surface area contributed by atoms with Crippen molar-refractivity contribution in [3.8, 4) is 11.5 Å². The first-order chi connectivity index (χ1) is 14.1. The largest absolute Gasteiger partial charge is 0.493 e. The van der Waals surface area contributed by atoms with Crippen LogP contribution in [0.1, 0.15) is 11.1 Å². The lowest BCUT2D eigenvalue weighted by atomic mass is 10.2. The SMILES string of the molecule is COc1ccc(C)cc1OC.Nc1ncccc1SCc1cccc(NC=O)c1. The average molecular weight is 412 g/mol. The van der Waals surface area contributed by atoms with Crippen molar-refractivity contribution in [1.82, 2.24) is 4.98 Å². The summed E-state index contributed by atoms with van der Waals surface area (Å²) in [4.78, 5) is 15.4. The van der Waals surface area contributed by atoms with Gasteiger partial charge in [0.2, 0.25) is 6.41 Å². The zero-order chi connectivity index (χ0) is 21.1. The zero-order valence-corrected chi connectivity index (χ0v) is 17.5. The van der Waals surface area contributed by atoms with Gasteiger partial charge in [0.1, 0.15) is 5.82 Å². The third kappa shape index (κ3) is 7.04. The maximum Gasteiger partial charge on any atom is 0.211 e. The molecule has 0 fully saturated rings. The normalized spacial score (nSPS) is 9.76. The van der Waals surface area contributed by atoms with Gasteiger partial charge in [-0.3, -0.25) is 4.79 Å². The average Bonchev–Trinajstić information content (AvgIpc) is 2.74. The Morgan fingerprint density at radius 2 is 1.86 bits per heavy atom. The van der Waals surface area contributed by atoms with E-state index in [1.165, 1.54) is 5.56 Å². The van der Waals surface area contributed by atoms with Crippen LogP contribution in [-0.4, -0.2) is 25.6 Å². The molecule has 0 radical (unpaired) electrons. The molecule has 152 valence electrons. The number of methoxy groups -OCH3 is 2. The molecule has 6 nitrogen and oxygen atoms in total. The van der Waals surface area contributed by atoms with Crippen LogP contribution in [-0.2, 0) is 10.5 Å². The first-order valence-electron chi connectivity index (χ1n) is 8.88. The molecule has 3 aromatic rings. The number of hydrogen-bond donors (Lipinski definition) is 2. The van der Waals surface area contributed by atoms with Gasteiger partial charge in [0, 0.05) is 22.5 Å². The number of rotatable bonds is 7. The van der Waals surface area contributed by atoms with Gasteiger partial charge in [0.15, 0.2) is 11.5 Å². The van der Waals surface area contributed by atoms with Crippen molar-refractivity contribution in [3.05, 3.63) is 71.9 Å². The minimum atomic E-state index is 0.546. The lowest BCUT2D eigenvalue weighted by Gasteiger charge is -2.06. The molecule has 2 aromatic carbocycles. The Bertz CT molecular complexity index is 935. The molecule has 0 atom stereocenters. The third-order valence-corrected chi connectivity index (χ3v) is 5.02. The number of thioether (sulfide) groups is 1. The molecule has 3 N–H and O–H groups in total. The molecule has 0 aliphatic rings. The van der Waals surface area contributed by atoms with Crippen LogP contribution in [0.15, 0.2) is 65.7 Å². The summed E-state index contributed by atoms with van der Waals surface area (Å²) < 4.78 is 10.2. The number of nitrogen functional groups attached to an aromatic ring is 1. The predicted molar refractivity (Wildman–Crippen MR) is 119 cm³/mol. The molecule has 0 unspecified atom stereocenters. The van der Waals surface area contributed by atoms with Crippen molar-refractivity contribution in [3.63, 3.8) is 0 Å². The first-order valence-corrected chi connectivity index (χ1v) is 9.87. The first kappa shape index (κ1) is 22.1. The summed E-state index contributed by atoms with van der Waals surface area (Å²) in [5.74, 6) is 2.89. The maximum absolute atomic E-state index is 10.4. The number of nitrogens with two attached hydrogens (primary N) is 1. The van der Waals surface area contributed by atoms with Crippen molar-refractivity contribution < 1.29 is 14.3 Å². The summed E-state index contributed by atoms with van der Waals surface area (Å²) in [5.41, 5.74) is 8.86. The molecule has 29 heavy (non-hydrogen) atoms. The molecule has 0 spiro atoms. The fourth-order valence-electron chi connectivity index (χ4n) is 2.45. The monoisotopic (exact) mass is 411 g/mol. The lowest BCUT2D eigenvalue weighted by Crippen LogP contribution is -1.94. The Hall–Kier alpha value is -3.19. The third-order valence-electron chi connectivity index (χ3n) is 3.89. The van der Waals surface area contributed by atoms with E-state index in [-0.39, 0.29) is 0 Å².